The second-order valence-electron chi connectivity index (χ2n) is 9.11. The molecule has 40 heavy (non-hydrogen) atoms. The number of ketones is 1. The SMILES string of the molecule is CNC(=O)CCN(CCC(C)=O)C(=O)CCN(CCC(=O)N(CCC(=O)NC)CCC(=O)NC)C(=O)CCSC. The Kier molecular flexibility index (Phi) is 19.9. The number of Topliss-reactive ketones (excluding diaryl/α,β-unsaturated/α-hetero) is 1. The van der Waals surface area contributed by atoms with Crippen LogP contribution in [0.25, 0.3) is 0 Å². The zero-order valence-corrected chi connectivity index (χ0v) is 25.3. The van der Waals surface area contributed by atoms with Gasteiger partial charge in [-0.05, 0) is 13.2 Å². The van der Waals surface area contributed by atoms with E-state index >= 15 is 0 Å². The molecule has 14 heteroatoms. The van der Waals surface area contributed by atoms with Gasteiger partial charge >= 0.3 is 0 Å². The number of thioether (sulfide) groups is 1. The maximum Gasteiger partial charge on any atom is 0.224 e. The van der Waals surface area contributed by atoms with Crippen molar-refractivity contribution in [2.24, 2.45) is 0 Å². The highest BCUT2D eigenvalue weighted by atomic mass is 32.2. The molecule has 0 rings (SSSR count). The van der Waals surface area contributed by atoms with E-state index in [2.05, 4.69) is 16.0 Å². The molecular formula is C26H46N6O7S. The third kappa shape index (κ3) is 16.7. The van der Waals surface area contributed by atoms with Crippen molar-refractivity contribution in [1.82, 2.24) is 30.7 Å². The van der Waals surface area contributed by atoms with Gasteiger partial charge in [-0.2, -0.15) is 11.8 Å². The summed E-state index contributed by atoms with van der Waals surface area (Å²) in [7, 11) is 4.50. The van der Waals surface area contributed by atoms with Gasteiger partial charge in [0.2, 0.25) is 35.4 Å². The van der Waals surface area contributed by atoms with Crippen LogP contribution in [0.1, 0.15) is 51.9 Å². The second kappa shape index (κ2) is 21.6. The fourth-order valence-corrected chi connectivity index (χ4v) is 3.96. The van der Waals surface area contributed by atoms with Crippen LogP contribution in [0.3, 0.4) is 0 Å². The molecule has 0 aliphatic heterocycles. The van der Waals surface area contributed by atoms with E-state index in [0.29, 0.717) is 5.75 Å². The van der Waals surface area contributed by atoms with Gasteiger partial charge in [-0.25, -0.2) is 0 Å². The number of nitrogens with one attached hydrogen (secondary N) is 3. The van der Waals surface area contributed by atoms with Crippen molar-refractivity contribution in [1.29, 1.82) is 0 Å². The molecule has 0 aromatic carbocycles. The summed E-state index contributed by atoms with van der Waals surface area (Å²) >= 11 is 1.51. The highest BCUT2D eigenvalue weighted by molar-refractivity contribution is 7.98. The average molecular weight is 587 g/mol. The molecule has 0 fully saturated rings. The predicted molar refractivity (Wildman–Crippen MR) is 153 cm³/mol. The molecule has 0 aliphatic rings. The number of carbonyl (C=O) groups is 7. The summed E-state index contributed by atoms with van der Waals surface area (Å²) in [6, 6.07) is 0. The standard InChI is InChI=1S/C26H46N6O7S/c1-20(33)6-13-30(14-7-21(34)27-2)24(37)10-17-32(26(39)12-19-40-5)18-11-25(38)31(15-8-22(35)28-3)16-9-23(36)29-4/h6-19H2,1-5H3,(H,27,34)(H,28,35)(H,29,36). The van der Waals surface area contributed by atoms with Gasteiger partial charge in [0.1, 0.15) is 5.78 Å². The molecular weight excluding hydrogens is 540 g/mol. The highest BCUT2D eigenvalue weighted by Gasteiger charge is 2.22. The molecule has 0 unspecified atom stereocenters. The Morgan fingerprint density at radius 2 is 0.800 bits per heavy atom. The smallest absolute Gasteiger partial charge is 0.224 e. The Balaban J connectivity index is 5.41. The minimum absolute atomic E-state index is 0.0259. The number of hydrogen-bond donors (Lipinski definition) is 3. The van der Waals surface area contributed by atoms with Crippen LogP contribution in [0.5, 0.6) is 0 Å². The number of nitrogens with zero attached hydrogens (tertiary/aromatic N) is 3. The summed E-state index contributed by atoms with van der Waals surface area (Å²) in [5.41, 5.74) is 0. The molecule has 228 valence electrons. The quantitative estimate of drug-likeness (QED) is 0.160. The molecule has 0 aromatic rings. The van der Waals surface area contributed by atoms with Crippen LogP contribution in [0, 0.1) is 0 Å². The van der Waals surface area contributed by atoms with Crippen molar-refractivity contribution in [3.05, 3.63) is 0 Å². The zero-order valence-electron chi connectivity index (χ0n) is 24.5. The Morgan fingerprint density at radius 1 is 0.500 bits per heavy atom. The maximum absolute atomic E-state index is 13.0. The summed E-state index contributed by atoms with van der Waals surface area (Å²) in [6.07, 6.45) is 2.46. The predicted octanol–water partition coefficient (Wildman–Crippen LogP) is -0.607. The molecule has 0 saturated carbocycles. The van der Waals surface area contributed by atoms with Gasteiger partial charge in [0.05, 0.1) is 0 Å². The fourth-order valence-electron chi connectivity index (χ4n) is 3.59. The lowest BCUT2D eigenvalue weighted by Gasteiger charge is -2.27. The Labute approximate surface area is 241 Å². The van der Waals surface area contributed by atoms with Gasteiger partial charge in [0.25, 0.3) is 0 Å². The van der Waals surface area contributed by atoms with Crippen molar-refractivity contribution in [2.75, 3.05) is 72.4 Å². The van der Waals surface area contributed by atoms with Gasteiger partial charge in [-0.15, -0.1) is 0 Å². The number of carbonyl (C=O) groups excluding carboxylic acids is 7. The van der Waals surface area contributed by atoms with Gasteiger partial charge in [0, 0.05) is 111 Å². The summed E-state index contributed by atoms with van der Waals surface area (Å²) in [4.78, 5) is 89.9. The van der Waals surface area contributed by atoms with Gasteiger partial charge in [0.15, 0.2) is 0 Å². The molecule has 6 amide bonds. The van der Waals surface area contributed by atoms with E-state index in [1.807, 2.05) is 6.26 Å². The molecule has 0 spiro atoms. The van der Waals surface area contributed by atoms with E-state index < -0.39 is 0 Å². The lowest BCUT2D eigenvalue weighted by molar-refractivity contribution is -0.135. The summed E-state index contributed by atoms with van der Waals surface area (Å²) in [5.74, 6) is -1.01. The van der Waals surface area contributed by atoms with E-state index in [1.165, 1.54) is 54.5 Å². The first-order valence-electron chi connectivity index (χ1n) is 13.4. The number of amides is 6. The lowest BCUT2D eigenvalue weighted by Crippen LogP contribution is -2.42. The van der Waals surface area contributed by atoms with Crippen LogP contribution in [-0.4, -0.2) is 128 Å². The van der Waals surface area contributed by atoms with Crippen LogP contribution in [0.2, 0.25) is 0 Å². The molecule has 0 aliphatic carbocycles. The highest BCUT2D eigenvalue weighted by Crippen LogP contribution is 2.08. The topological polar surface area (TPSA) is 165 Å². The average Bonchev–Trinajstić information content (AvgIpc) is 2.94. The molecule has 0 radical (unpaired) electrons. The van der Waals surface area contributed by atoms with Crippen LogP contribution >= 0.6 is 11.8 Å². The van der Waals surface area contributed by atoms with Gasteiger partial charge < -0.3 is 30.7 Å². The first-order chi connectivity index (χ1) is 19.0. The van der Waals surface area contributed by atoms with E-state index in [0.717, 1.165) is 0 Å². The fraction of sp³-hybridized carbons (Fsp3) is 0.731. The van der Waals surface area contributed by atoms with Crippen LogP contribution < -0.4 is 16.0 Å². The summed E-state index contributed by atoms with van der Waals surface area (Å²) in [5, 5.41) is 7.51. The second-order valence-corrected chi connectivity index (χ2v) is 10.1. The third-order valence-corrected chi connectivity index (χ3v) is 6.78. The number of rotatable bonds is 21. The van der Waals surface area contributed by atoms with Crippen molar-refractivity contribution < 1.29 is 33.6 Å². The zero-order chi connectivity index (χ0) is 30.5. The van der Waals surface area contributed by atoms with Crippen LogP contribution in [0.15, 0.2) is 0 Å². The molecule has 13 nitrogen and oxygen atoms in total. The number of hydrogen-bond acceptors (Lipinski definition) is 8. The van der Waals surface area contributed by atoms with Crippen molar-refractivity contribution in [2.45, 2.75) is 51.9 Å². The summed E-state index contributed by atoms with van der Waals surface area (Å²) < 4.78 is 0. The molecule has 3 N–H and O–H groups in total. The molecule has 0 atom stereocenters. The Bertz CT molecular complexity index is 850. The normalized spacial score (nSPS) is 10.3. The van der Waals surface area contributed by atoms with Gasteiger partial charge in [-0.3, -0.25) is 33.6 Å². The lowest BCUT2D eigenvalue weighted by atomic mass is 10.2. The van der Waals surface area contributed by atoms with Crippen molar-refractivity contribution in [3.63, 3.8) is 0 Å². The first-order valence-corrected chi connectivity index (χ1v) is 14.8. The third-order valence-electron chi connectivity index (χ3n) is 6.17. The molecule has 0 heterocycles. The van der Waals surface area contributed by atoms with Crippen molar-refractivity contribution >= 4 is 53.0 Å². The van der Waals surface area contributed by atoms with E-state index in [9.17, 15) is 33.6 Å². The monoisotopic (exact) mass is 586 g/mol. The minimum Gasteiger partial charge on any atom is -0.359 e. The minimum atomic E-state index is -0.310. The maximum atomic E-state index is 13.0. The van der Waals surface area contributed by atoms with Crippen LogP contribution in [-0.2, 0) is 33.6 Å². The molecule has 0 saturated heterocycles. The van der Waals surface area contributed by atoms with Gasteiger partial charge in [-0.1, -0.05) is 0 Å². The molecule has 0 aromatic heterocycles. The van der Waals surface area contributed by atoms with E-state index in [4.69, 9.17) is 0 Å². The van der Waals surface area contributed by atoms with Crippen molar-refractivity contribution in [3.8, 4) is 0 Å². The first kappa shape index (κ1) is 36.8. The van der Waals surface area contributed by atoms with E-state index in [-0.39, 0.29) is 125 Å². The largest absolute Gasteiger partial charge is 0.359 e. The van der Waals surface area contributed by atoms with Crippen LogP contribution in [0.4, 0.5) is 0 Å². The Morgan fingerprint density at radius 3 is 1.10 bits per heavy atom. The summed E-state index contributed by atoms with van der Waals surface area (Å²) in [6.45, 7) is 2.16. The Hall–Kier alpha value is -3.16. The molecule has 0 bridgehead atoms. The van der Waals surface area contributed by atoms with E-state index in [1.54, 1.807) is 0 Å².